The molecule has 1 aliphatic rings. The van der Waals surface area contributed by atoms with Crippen LogP contribution in [0.25, 0.3) is 5.69 Å². The van der Waals surface area contributed by atoms with E-state index < -0.39 is 53.3 Å². The van der Waals surface area contributed by atoms with Crippen LogP contribution in [0.2, 0.25) is 0 Å². The van der Waals surface area contributed by atoms with Crippen LogP contribution in [0, 0.1) is 5.82 Å². The average Bonchev–Trinajstić information content (AvgIpc) is 3.42. The summed E-state index contributed by atoms with van der Waals surface area (Å²) in [6.45, 7) is 3.55. The smallest absolute Gasteiger partial charge is 0.347 e. The maximum absolute atomic E-state index is 14.3. The molecule has 3 aromatic carbocycles. The van der Waals surface area contributed by atoms with Crippen molar-refractivity contribution >= 4 is 35.1 Å². The number of rotatable bonds is 8. The van der Waals surface area contributed by atoms with Gasteiger partial charge in [-0.05, 0) is 61.9 Å². The first-order valence-electron chi connectivity index (χ1n) is 14.0. The molecule has 4 aromatic rings. The standard InChI is InChI=1S/C32H28ClF4N5O3/c1-3-41-30-26(27(18(2)38-24(43)17-33)40-42(30)23-10-5-4-6-11-23)25(19-12-14-22(34)15-13-19)28(31(41)45)39-29(44)20-8-7-9-21(16-20)32(35,36)37/h4-16,18,25,28H,3,17H2,1-2H3,(H,38,43)(H,39,44)/t18-,25+,28+/m1/s1. The van der Waals surface area contributed by atoms with Gasteiger partial charge < -0.3 is 10.6 Å². The topological polar surface area (TPSA) is 96.3 Å². The monoisotopic (exact) mass is 641 g/mol. The Balaban J connectivity index is 1.72. The Morgan fingerprint density at radius 2 is 1.71 bits per heavy atom. The summed E-state index contributed by atoms with van der Waals surface area (Å²) in [5.74, 6) is -3.40. The van der Waals surface area contributed by atoms with E-state index in [-0.39, 0.29) is 18.0 Å². The van der Waals surface area contributed by atoms with Gasteiger partial charge in [0.05, 0.1) is 23.0 Å². The lowest BCUT2D eigenvalue weighted by Crippen LogP contribution is -2.55. The van der Waals surface area contributed by atoms with Gasteiger partial charge in [0.2, 0.25) is 5.91 Å². The maximum Gasteiger partial charge on any atom is 0.416 e. The summed E-state index contributed by atoms with van der Waals surface area (Å²) in [5.41, 5.74) is 0.530. The van der Waals surface area contributed by atoms with E-state index in [2.05, 4.69) is 10.6 Å². The van der Waals surface area contributed by atoms with Crippen molar-refractivity contribution in [1.29, 1.82) is 0 Å². The maximum atomic E-state index is 14.3. The van der Waals surface area contributed by atoms with Crippen molar-refractivity contribution in [3.8, 4) is 5.69 Å². The zero-order chi connectivity index (χ0) is 32.5. The molecule has 1 aromatic heterocycles. The lowest BCUT2D eigenvalue weighted by molar-refractivity contribution is -0.137. The summed E-state index contributed by atoms with van der Waals surface area (Å²) in [5, 5.41) is 10.3. The molecule has 5 rings (SSSR count). The first-order valence-corrected chi connectivity index (χ1v) is 14.6. The number of carbonyl (C=O) groups excluding carboxylic acids is 3. The number of carbonyl (C=O) groups is 3. The Hall–Kier alpha value is -4.71. The van der Waals surface area contributed by atoms with Gasteiger partial charge in [-0.2, -0.15) is 18.3 Å². The predicted octanol–water partition coefficient (Wildman–Crippen LogP) is 5.74. The second-order valence-electron chi connectivity index (χ2n) is 10.4. The second-order valence-corrected chi connectivity index (χ2v) is 10.7. The van der Waals surface area contributed by atoms with Crippen LogP contribution in [0.15, 0.2) is 78.9 Å². The summed E-state index contributed by atoms with van der Waals surface area (Å²) >= 11 is 5.77. The van der Waals surface area contributed by atoms with Crippen LogP contribution < -0.4 is 15.5 Å². The molecule has 0 radical (unpaired) electrons. The number of hydrogen-bond donors (Lipinski definition) is 2. The van der Waals surface area contributed by atoms with E-state index in [4.69, 9.17) is 16.7 Å². The SMILES string of the molecule is CCN1C(=O)[C@@H](NC(=O)c2cccc(C(F)(F)F)c2)[C@@H](c2ccc(F)cc2)c2c([C@@H](C)NC(=O)CCl)nn(-c3ccccc3)c21. The molecule has 2 N–H and O–H groups in total. The van der Waals surface area contributed by atoms with E-state index in [0.717, 1.165) is 12.1 Å². The fourth-order valence-electron chi connectivity index (χ4n) is 5.54. The summed E-state index contributed by atoms with van der Waals surface area (Å²) in [6.07, 6.45) is -4.69. The van der Waals surface area contributed by atoms with Crippen LogP contribution in [0.1, 0.15) is 58.5 Å². The predicted molar refractivity (Wildman–Crippen MR) is 160 cm³/mol. The minimum Gasteiger partial charge on any atom is -0.347 e. The highest BCUT2D eigenvalue weighted by atomic mass is 35.5. The van der Waals surface area contributed by atoms with E-state index >= 15 is 0 Å². The average molecular weight is 642 g/mol. The Morgan fingerprint density at radius 3 is 2.33 bits per heavy atom. The summed E-state index contributed by atoms with van der Waals surface area (Å²) in [7, 11) is 0. The fourth-order valence-corrected chi connectivity index (χ4v) is 5.61. The minimum absolute atomic E-state index is 0.137. The van der Waals surface area contributed by atoms with E-state index in [1.807, 2.05) is 6.07 Å². The molecule has 234 valence electrons. The number of para-hydroxylation sites is 1. The summed E-state index contributed by atoms with van der Waals surface area (Å²) in [6, 6.07) is 16.1. The van der Waals surface area contributed by atoms with Crippen molar-refractivity contribution in [1.82, 2.24) is 20.4 Å². The molecule has 1 aliphatic heterocycles. The van der Waals surface area contributed by atoms with Gasteiger partial charge >= 0.3 is 6.18 Å². The van der Waals surface area contributed by atoms with Crippen LogP contribution in [0.4, 0.5) is 23.4 Å². The number of fused-ring (bicyclic) bond motifs is 1. The molecule has 13 heteroatoms. The van der Waals surface area contributed by atoms with E-state index in [0.29, 0.717) is 34.4 Å². The lowest BCUT2D eigenvalue weighted by Gasteiger charge is -2.39. The highest BCUT2D eigenvalue weighted by molar-refractivity contribution is 6.27. The quantitative estimate of drug-likeness (QED) is 0.189. The number of benzene rings is 3. The number of aromatic nitrogens is 2. The molecular formula is C32H28ClF4N5O3. The third-order valence-electron chi connectivity index (χ3n) is 7.55. The van der Waals surface area contributed by atoms with Crippen LogP contribution in [-0.2, 0) is 15.8 Å². The van der Waals surface area contributed by atoms with Crippen molar-refractivity contribution in [3.63, 3.8) is 0 Å². The third kappa shape index (κ3) is 6.28. The molecule has 2 heterocycles. The Labute approximate surface area is 261 Å². The van der Waals surface area contributed by atoms with Crippen molar-refractivity contribution in [3.05, 3.63) is 113 Å². The number of nitrogens with zero attached hydrogens (tertiary/aromatic N) is 3. The second kappa shape index (κ2) is 12.7. The van der Waals surface area contributed by atoms with Crippen molar-refractivity contribution in [2.75, 3.05) is 17.3 Å². The third-order valence-corrected chi connectivity index (χ3v) is 7.79. The van der Waals surface area contributed by atoms with Gasteiger partial charge in [-0.3, -0.25) is 19.3 Å². The number of halogens is 5. The number of nitrogens with one attached hydrogen (secondary N) is 2. The summed E-state index contributed by atoms with van der Waals surface area (Å²) in [4.78, 5) is 41.6. The van der Waals surface area contributed by atoms with E-state index in [1.165, 1.54) is 35.2 Å². The molecule has 0 saturated carbocycles. The number of hydrogen-bond acceptors (Lipinski definition) is 4. The zero-order valence-electron chi connectivity index (χ0n) is 24.1. The van der Waals surface area contributed by atoms with Gasteiger partial charge in [0.25, 0.3) is 11.8 Å². The minimum atomic E-state index is -4.69. The highest BCUT2D eigenvalue weighted by Crippen LogP contribution is 2.45. The molecule has 8 nitrogen and oxygen atoms in total. The first-order chi connectivity index (χ1) is 21.4. The van der Waals surface area contributed by atoms with Crippen molar-refractivity contribution in [2.24, 2.45) is 0 Å². The number of anilines is 1. The van der Waals surface area contributed by atoms with Crippen molar-refractivity contribution < 1.29 is 31.9 Å². The Bertz CT molecular complexity index is 1730. The molecule has 3 atom stereocenters. The van der Waals surface area contributed by atoms with Gasteiger partial charge in [0, 0.05) is 23.6 Å². The Kier molecular flexibility index (Phi) is 8.96. The van der Waals surface area contributed by atoms with Gasteiger partial charge in [0.1, 0.15) is 23.6 Å². The molecule has 45 heavy (non-hydrogen) atoms. The molecule has 0 aliphatic carbocycles. The number of amides is 3. The van der Waals surface area contributed by atoms with Gasteiger partial charge in [0.15, 0.2) is 0 Å². The number of alkyl halides is 4. The highest BCUT2D eigenvalue weighted by Gasteiger charge is 2.47. The molecule has 0 fully saturated rings. The molecule has 0 bridgehead atoms. The first kappa shape index (κ1) is 31.7. The number of likely N-dealkylation sites (N-methyl/N-ethyl adjacent to an activating group) is 1. The largest absolute Gasteiger partial charge is 0.416 e. The molecule has 3 amide bonds. The molecule has 0 unspecified atom stereocenters. The van der Waals surface area contributed by atoms with Crippen molar-refractivity contribution in [2.45, 2.75) is 38.0 Å². The lowest BCUT2D eigenvalue weighted by atomic mass is 9.80. The van der Waals surface area contributed by atoms with E-state index in [9.17, 15) is 31.9 Å². The van der Waals surface area contributed by atoms with E-state index in [1.54, 1.807) is 42.8 Å². The summed E-state index contributed by atoms with van der Waals surface area (Å²) < 4.78 is 56.0. The van der Waals surface area contributed by atoms with Crippen LogP contribution in [0.3, 0.4) is 0 Å². The van der Waals surface area contributed by atoms with Gasteiger partial charge in [-0.15, -0.1) is 11.6 Å². The molecule has 0 spiro atoms. The van der Waals surface area contributed by atoms with Crippen LogP contribution in [-0.4, -0.2) is 46.0 Å². The fraction of sp³-hybridized carbons (Fsp3) is 0.250. The van der Waals surface area contributed by atoms with Gasteiger partial charge in [-0.1, -0.05) is 36.4 Å². The zero-order valence-corrected chi connectivity index (χ0v) is 24.9. The Morgan fingerprint density at radius 1 is 1.02 bits per heavy atom. The van der Waals surface area contributed by atoms with Crippen LogP contribution >= 0.6 is 11.6 Å². The molecule has 0 saturated heterocycles. The normalized spacial score (nSPS) is 17.0. The van der Waals surface area contributed by atoms with Crippen LogP contribution in [0.5, 0.6) is 0 Å². The molecular weight excluding hydrogens is 614 g/mol. The van der Waals surface area contributed by atoms with Gasteiger partial charge in [-0.25, -0.2) is 9.07 Å².